The average Bonchev–Trinajstić information content (AvgIpc) is 3.40. The van der Waals surface area contributed by atoms with Crippen molar-refractivity contribution in [2.24, 2.45) is 40.4 Å². The van der Waals surface area contributed by atoms with E-state index in [0.29, 0.717) is 24.0 Å². The van der Waals surface area contributed by atoms with Crippen LogP contribution >= 0.6 is 0 Å². The minimum absolute atomic E-state index is 0.127. The van der Waals surface area contributed by atoms with E-state index in [9.17, 15) is 40.5 Å². The maximum atomic E-state index is 14.2. The van der Waals surface area contributed by atoms with Gasteiger partial charge in [0.2, 0.25) is 0 Å². The summed E-state index contributed by atoms with van der Waals surface area (Å²) in [6, 6.07) is 4.21. The first-order chi connectivity index (χ1) is 21.4. The molecule has 4 aliphatic carbocycles. The van der Waals surface area contributed by atoms with Crippen molar-refractivity contribution in [3.05, 3.63) is 35.4 Å². The standard InChI is InChI=1S/C36H53NO9/c1-17(10-12-37-6)18(2)29(42)32-35(5,44)31-26(46-32)16-36(45)21-14-24(40)28-27(19-7-8-22(38)23(39)13-19)30(43)25(41)15-33(28,3)20(21)9-11-34(31,36)4/h7-8,13-14,17-18,20,25-32,37-39,41-45H,9-12,15-16H2,1-6H3/t17-,18+,20+,25+,26+,27+,28-,29+,30+,31+,32+,33-,34-,35-,36-/m1/s1. The van der Waals surface area contributed by atoms with E-state index in [1.165, 1.54) is 12.1 Å². The van der Waals surface area contributed by atoms with E-state index in [1.807, 2.05) is 27.8 Å². The van der Waals surface area contributed by atoms with Crippen LogP contribution in [-0.4, -0.2) is 96.8 Å². The van der Waals surface area contributed by atoms with Gasteiger partial charge in [-0.3, -0.25) is 4.79 Å². The SMILES string of the molecule is CNCC[C@@H](C)[C@H](C)[C@H](O)[C@@H]1O[C@H]2C[C@@]3(O)C4=CC(=O)[C@@H]5[C@H](c6ccc(O)c(O)c6)[C@@H](O)[C@@H](O)C[C@]5(C)[C@H]4CC[C@]3(C)[C@H]2[C@@]1(C)O. The maximum Gasteiger partial charge on any atom is 0.160 e. The fraction of sp³-hybridized carbons (Fsp3) is 0.750. The molecule has 0 aromatic heterocycles. The van der Waals surface area contributed by atoms with Crippen LogP contribution in [0.3, 0.4) is 0 Å². The molecule has 1 aromatic rings. The number of hydrogen-bond donors (Lipinski definition) is 8. The summed E-state index contributed by atoms with van der Waals surface area (Å²) in [5.41, 5.74) is -3.53. The first-order valence-electron chi connectivity index (χ1n) is 17.0. The van der Waals surface area contributed by atoms with Crippen molar-refractivity contribution >= 4 is 5.78 Å². The molecule has 0 amide bonds. The van der Waals surface area contributed by atoms with Gasteiger partial charge in [-0.05, 0) is 98.7 Å². The predicted octanol–water partition coefficient (Wildman–Crippen LogP) is 2.37. The molecule has 0 bridgehead atoms. The molecule has 1 aromatic carbocycles. The lowest BCUT2D eigenvalue weighted by molar-refractivity contribution is -0.177. The molecule has 3 saturated carbocycles. The minimum Gasteiger partial charge on any atom is -0.504 e. The van der Waals surface area contributed by atoms with Gasteiger partial charge in [0.05, 0.1) is 35.6 Å². The fourth-order valence-electron chi connectivity index (χ4n) is 11.0. The average molecular weight is 644 g/mol. The number of ketones is 1. The highest BCUT2D eigenvalue weighted by atomic mass is 16.5. The number of rotatable bonds is 7. The third kappa shape index (κ3) is 4.58. The summed E-state index contributed by atoms with van der Waals surface area (Å²) in [6.07, 6.45) is -0.810. The molecular weight excluding hydrogens is 590 g/mol. The smallest absolute Gasteiger partial charge is 0.160 e. The third-order valence-electron chi connectivity index (χ3n) is 13.7. The maximum absolute atomic E-state index is 14.2. The number of fused-ring (bicyclic) bond motifs is 7. The van der Waals surface area contributed by atoms with Crippen molar-refractivity contribution in [2.45, 2.75) is 114 Å². The predicted molar refractivity (Wildman–Crippen MR) is 170 cm³/mol. The molecule has 0 unspecified atom stereocenters. The number of ether oxygens (including phenoxy) is 1. The van der Waals surface area contributed by atoms with Crippen LogP contribution in [0.4, 0.5) is 0 Å². The quantitative estimate of drug-likeness (QED) is 0.206. The van der Waals surface area contributed by atoms with E-state index >= 15 is 0 Å². The lowest BCUT2D eigenvalue weighted by atomic mass is 9.44. The highest BCUT2D eigenvalue weighted by Crippen LogP contribution is 2.71. The Labute approximate surface area is 271 Å². The topological polar surface area (TPSA) is 180 Å². The van der Waals surface area contributed by atoms with E-state index in [2.05, 4.69) is 12.2 Å². The Kier molecular flexibility index (Phi) is 8.28. The Morgan fingerprint density at radius 2 is 1.76 bits per heavy atom. The highest BCUT2D eigenvalue weighted by molar-refractivity contribution is 5.96. The summed E-state index contributed by atoms with van der Waals surface area (Å²) in [6.45, 7) is 10.5. The molecule has 6 rings (SSSR count). The van der Waals surface area contributed by atoms with E-state index < -0.39 is 70.3 Å². The van der Waals surface area contributed by atoms with E-state index in [-0.39, 0.29) is 47.9 Å². The van der Waals surface area contributed by atoms with Gasteiger partial charge in [0.25, 0.3) is 0 Å². The molecule has 4 fully saturated rings. The fourth-order valence-corrected chi connectivity index (χ4v) is 11.0. The lowest BCUT2D eigenvalue weighted by Gasteiger charge is -2.61. The van der Waals surface area contributed by atoms with Crippen LogP contribution in [0.25, 0.3) is 0 Å². The van der Waals surface area contributed by atoms with Crippen LogP contribution in [0.2, 0.25) is 0 Å². The molecule has 5 aliphatic rings. The molecular formula is C36H53NO9. The Bertz CT molecular complexity index is 1400. The van der Waals surface area contributed by atoms with Crippen molar-refractivity contribution < 1.29 is 45.3 Å². The number of benzene rings is 1. The number of carbonyl (C=O) groups excluding carboxylic acids is 1. The Morgan fingerprint density at radius 1 is 1.07 bits per heavy atom. The number of carbonyl (C=O) groups is 1. The van der Waals surface area contributed by atoms with Crippen LogP contribution in [0.5, 0.6) is 11.5 Å². The van der Waals surface area contributed by atoms with Crippen molar-refractivity contribution in [3.8, 4) is 11.5 Å². The van der Waals surface area contributed by atoms with Crippen LogP contribution in [-0.2, 0) is 9.53 Å². The number of aromatic hydroxyl groups is 2. The zero-order valence-corrected chi connectivity index (χ0v) is 27.8. The number of phenolic OH excluding ortho intramolecular Hbond substituents is 2. The van der Waals surface area contributed by atoms with Gasteiger partial charge in [-0.2, -0.15) is 0 Å². The van der Waals surface area contributed by atoms with Crippen LogP contribution in [0.1, 0.15) is 78.2 Å². The second kappa shape index (κ2) is 11.3. The van der Waals surface area contributed by atoms with Gasteiger partial charge in [0.15, 0.2) is 17.3 Å². The number of allylic oxidation sites excluding steroid dienone is 1. The lowest BCUT2D eigenvalue weighted by Crippen LogP contribution is -2.64. The zero-order valence-electron chi connectivity index (χ0n) is 27.8. The van der Waals surface area contributed by atoms with Gasteiger partial charge >= 0.3 is 0 Å². The molecule has 1 aliphatic heterocycles. The van der Waals surface area contributed by atoms with Gasteiger partial charge in [0, 0.05) is 29.6 Å². The van der Waals surface area contributed by atoms with Crippen molar-refractivity contribution in [3.63, 3.8) is 0 Å². The molecule has 10 nitrogen and oxygen atoms in total. The van der Waals surface area contributed by atoms with Crippen molar-refractivity contribution in [1.82, 2.24) is 5.32 Å². The summed E-state index contributed by atoms with van der Waals surface area (Å²) in [4.78, 5) is 14.2. The van der Waals surface area contributed by atoms with Gasteiger partial charge in [0.1, 0.15) is 6.10 Å². The van der Waals surface area contributed by atoms with Gasteiger partial charge in [-0.1, -0.05) is 33.8 Å². The van der Waals surface area contributed by atoms with Crippen LogP contribution < -0.4 is 5.32 Å². The second-order valence-corrected chi connectivity index (χ2v) is 16.1. The van der Waals surface area contributed by atoms with Crippen molar-refractivity contribution in [2.75, 3.05) is 13.6 Å². The van der Waals surface area contributed by atoms with Crippen LogP contribution in [0.15, 0.2) is 29.8 Å². The molecule has 8 N–H and O–H groups in total. The Hall–Kier alpha value is -2.05. The van der Waals surface area contributed by atoms with E-state index in [1.54, 1.807) is 19.1 Å². The van der Waals surface area contributed by atoms with Gasteiger partial charge < -0.3 is 45.8 Å². The summed E-state index contributed by atoms with van der Waals surface area (Å²) in [5, 5.41) is 82.2. The summed E-state index contributed by atoms with van der Waals surface area (Å²) < 4.78 is 6.52. The summed E-state index contributed by atoms with van der Waals surface area (Å²) in [7, 11) is 1.89. The third-order valence-corrected chi connectivity index (χ3v) is 13.7. The number of hydrogen-bond acceptors (Lipinski definition) is 10. The van der Waals surface area contributed by atoms with E-state index in [0.717, 1.165) is 13.0 Å². The second-order valence-electron chi connectivity index (χ2n) is 16.1. The minimum atomic E-state index is -1.46. The zero-order chi connectivity index (χ0) is 33.7. The molecule has 256 valence electrons. The van der Waals surface area contributed by atoms with Gasteiger partial charge in [-0.25, -0.2) is 0 Å². The normalized spacial score (nSPS) is 46.8. The molecule has 1 heterocycles. The summed E-state index contributed by atoms with van der Waals surface area (Å²) in [5.74, 6) is -3.24. The number of aliphatic hydroxyl groups excluding tert-OH is 3. The largest absolute Gasteiger partial charge is 0.504 e. The molecule has 46 heavy (non-hydrogen) atoms. The molecule has 15 atom stereocenters. The van der Waals surface area contributed by atoms with Crippen molar-refractivity contribution in [1.29, 1.82) is 0 Å². The number of aliphatic hydroxyl groups is 5. The first-order valence-corrected chi connectivity index (χ1v) is 17.0. The van der Waals surface area contributed by atoms with E-state index in [4.69, 9.17) is 4.74 Å². The molecule has 10 heteroatoms. The molecule has 0 radical (unpaired) electrons. The van der Waals surface area contributed by atoms with Crippen LogP contribution in [0, 0.1) is 40.4 Å². The Morgan fingerprint density at radius 3 is 2.41 bits per heavy atom. The summed E-state index contributed by atoms with van der Waals surface area (Å²) >= 11 is 0. The monoisotopic (exact) mass is 643 g/mol. The number of phenols is 2. The van der Waals surface area contributed by atoms with Gasteiger partial charge in [-0.15, -0.1) is 0 Å². The highest BCUT2D eigenvalue weighted by Gasteiger charge is 2.75. The number of nitrogens with one attached hydrogen (secondary N) is 1. The molecule has 1 saturated heterocycles. The Balaban J connectivity index is 1.34. The first kappa shape index (κ1) is 33.8. The molecule has 0 spiro atoms.